The molecule has 0 saturated carbocycles. The van der Waals surface area contributed by atoms with Crippen LogP contribution in [0.25, 0.3) is 0 Å². The van der Waals surface area contributed by atoms with Crippen LogP contribution in [0.5, 0.6) is 0 Å². The molecule has 1 rings (SSSR count). The molecule has 0 aliphatic carbocycles. The molecule has 0 heterocycles. The number of hydrogen-bond donors (Lipinski definition) is 3. The normalized spacial score (nSPS) is 14.8. The standard InChI is InChI=1S/C15H24N2O2/c1-11(18)15(2,3)17-14(19)13(16)10-9-12-7-5-4-6-8-12/h4-8,11,13,18H,9-10,16H2,1-3H3,(H,17,19)/t11?,13-/m0/s1. The Labute approximate surface area is 115 Å². The topological polar surface area (TPSA) is 75.3 Å². The average molecular weight is 264 g/mol. The highest BCUT2D eigenvalue weighted by atomic mass is 16.3. The first-order valence-electron chi connectivity index (χ1n) is 6.62. The molecular weight excluding hydrogens is 240 g/mol. The van der Waals surface area contributed by atoms with Crippen LogP contribution in [0.15, 0.2) is 30.3 Å². The number of amides is 1. The number of nitrogens with one attached hydrogen (secondary N) is 1. The molecule has 1 aromatic rings. The predicted octanol–water partition coefficient (Wildman–Crippen LogP) is 1.22. The van der Waals surface area contributed by atoms with E-state index in [9.17, 15) is 9.90 Å². The van der Waals surface area contributed by atoms with Gasteiger partial charge in [0.2, 0.25) is 5.91 Å². The number of carbonyl (C=O) groups is 1. The van der Waals surface area contributed by atoms with Crippen LogP contribution in [-0.4, -0.2) is 28.7 Å². The van der Waals surface area contributed by atoms with Crippen molar-refractivity contribution in [3.8, 4) is 0 Å². The summed E-state index contributed by atoms with van der Waals surface area (Å²) in [7, 11) is 0. The summed E-state index contributed by atoms with van der Waals surface area (Å²) in [5.74, 6) is -0.221. The fraction of sp³-hybridized carbons (Fsp3) is 0.533. The van der Waals surface area contributed by atoms with Gasteiger partial charge in [-0.2, -0.15) is 0 Å². The molecule has 0 saturated heterocycles. The van der Waals surface area contributed by atoms with Crippen LogP contribution in [0.2, 0.25) is 0 Å². The fourth-order valence-corrected chi connectivity index (χ4v) is 1.61. The van der Waals surface area contributed by atoms with Gasteiger partial charge in [-0.3, -0.25) is 4.79 Å². The predicted molar refractivity (Wildman–Crippen MR) is 76.6 cm³/mol. The van der Waals surface area contributed by atoms with Crippen molar-refractivity contribution >= 4 is 5.91 Å². The van der Waals surface area contributed by atoms with Crippen molar-refractivity contribution < 1.29 is 9.90 Å². The van der Waals surface area contributed by atoms with Crippen LogP contribution in [0.1, 0.15) is 32.8 Å². The third-order valence-corrected chi connectivity index (χ3v) is 3.41. The van der Waals surface area contributed by atoms with Crippen molar-refractivity contribution in [2.75, 3.05) is 0 Å². The molecule has 0 aliphatic heterocycles. The number of aliphatic hydroxyl groups is 1. The number of nitrogens with two attached hydrogens (primary N) is 1. The van der Waals surface area contributed by atoms with E-state index in [0.29, 0.717) is 6.42 Å². The number of hydrogen-bond acceptors (Lipinski definition) is 3. The molecule has 1 aromatic carbocycles. The summed E-state index contributed by atoms with van der Waals surface area (Å²) in [4.78, 5) is 11.9. The Balaban J connectivity index is 2.45. The van der Waals surface area contributed by atoms with Crippen molar-refractivity contribution in [3.05, 3.63) is 35.9 Å². The Bertz CT molecular complexity index is 402. The molecule has 2 atom stereocenters. The van der Waals surface area contributed by atoms with E-state index in [1.807, 2.05) is 30.3 Å². The van der Waals surface area contributed by atoms with E-state index in [4.69, 9.17) is 5.73 Å². The zero-order valence-corrected chi connectivity index (χ0v) is 11.9. The van der Waals surface area contributed by atoms with Gasteiger partial charge in [-0.25, -0.2) is 0 Å². The lowest BCUT2D eigenvalue weighted by Gasteiger charge is -2.30. The Morgan fingerprint density at radius 3 is 2.47 bits per heavy atom. The molecule has 19 heavy (non-hydrogen) atoms. The quantitative estimate of drug-likeness (QED) is 0.723. The van der Waals surface area contributed by atoms with E-state index in [1.165, 1.54) is 5.56 Å². The maximum absolute atomic E-state index is 11.9. The first kappa shape index (κ1) is 15.7. The van der Waals surface area contributed by atoms with Crippen LogP contribution in [-0.2, 0) is 11.2 Å². The van der Waals surface area contributed by atoms with Crippen molar-refractivity contribution in [2.24, 2.45) is 5.73 Å². The lowest BCUT2D eigenvalue weighted by molar-refractivity contribution is -0.125. The van der Waals surface area contributed by atoms with Gasteiger partial charge in [0.25, 0.3) is 0 Å². The van der Waals surface area contributed by atoms with Gasteiger partial charge < -0.3 is 16.2 Å². The van der Waals surface area contributed by atoms with E-state index >= 15 is 0 Å². The largest absolute Gasteiger partial charge is 0.391 e. The Morgan fingerprint density at radius 1 is 1.37 bits per heavy atom. The van der Waals surface area contributed by atoms with Crippen molar-refractivity contribution in [1.29, 1.82) is 0 Å². The van der Waals surface area contributed by atoms with Gasteiger partial charge in [0.1, 0.15) is 0 Å². The molecule has 4 nitrogen and oxygen atoms in total. The van der Waals surface area contributed by atoms with Gasteiger partial charge in [-0.1, -0.05) is 30.3 Å². The van der Waals surface area contributed by atoms with Gasteiger partial charge in [0, 0.05) is 0 Å². The number of benzene rings is 1. The highest BCUT2D eigenvalue weighted by molar-refractivity contribution is 5.82. The second-order valence-electron chi connectivity index (χ2n) is 5.52. The molecule has 0 aromatic heterocycles. The second-order valence-corrected chi connectivity index (χ2v) is 5.52. The SMILES string of the molecule is CC(O)C(C)(C)NC(=O)[C@@H](N)CCc1ccccc1. The van der Waals surface area contributed by atoms with E-state index < -0.39 is 17.7 Å². The molecule has 0 radical (unpaired) electrons. The Morgan fingerprint density at radius 2 is 1.95 bits per heavy atom. The first-order valence-corrected chi connectivity index (χ1v) is 6.62. The molecule has 0 fully saturated rings. The molecule has 4 heteroatoms. The lowest BCUT2D eigenvalue weighted by atomic mass is 9.97. The van der Waals surface area contributed by atoms with Gasteiger partial charge in [0.15, 0.2) is 0 Å². The number of carbonyl (C=O) groups excluding carboxylic acids is 1. The maximum Gasteiger partial charge on any atom is 0.237 e. The fourth-order valence-electron chi connectivity index (χ4n) is 1.61. The summed E-state index contributed by atoms with van der Waals surface area (Å²) in [5, 5.41) is 12.3. The minimum absolute atomic E-state index is 0.221. The molecule has 1 unspecified atom stereocenters. The van der Waals surface area contributed by atoms with Crippen LogP contribution in [0.4, 0.5) is 0 Å². The molecule has 4 N–H and O–H groups in total. The van der Waals surface area contributed by atoms with Gasteiger partial charge in [0.05, 0.1) is 17.7 Å². The van der Waals surface area contributed by atoms with Gasteiger partial charge in [-0.05, 0) is 39.2 Å². The second kappa shape index (κ2) is 6.68. The van der Waals surface area contributed by atoms with Crippen LogP contribution >= 0.6 is 0 Å². The maximum atomic E-state index is 11.9. The molecule has 0 bridgehead atoms. The van der Waals surface area contributed by atoms with E-state index in [-0.39, 0.29) is 5.91 Å². The van der Waals surface area contributed by atoms with Crippen LogP contribution in [0, 0.1) is 0 Å². The van der Waals surface area contributed by atoms with Crippen molar-refractivity contribution in [1.82, 2.24) is 5.32 Å². The van der Waals surface area contributed by atoms with E-state index in [2.05, 4.69) is 5.32 Å². The summed E-state index contributed by atoms with van der Waals surface area (Å²) in [6, 6.07) is 9.38. The zero-order valence-electron chi connectivity index (χ0n) is 11.9. The highest BCUT2D eigenvalue weighted by Crippen LogP contribution is 2.10. The van der Waals surface area contributed by atoms with Crippen LogP contribution < -0.4 is 11.1 Å². The molecular formula is C15H24N2O2. The molecule has 1 amide bonds. The van der Waals surface area contributed by atoms with Crippen molar-refractivity contribution in [3.63, 3.8) is 0 Å². The third kappa shape index (κ3) is 5.01. The summed E-state index contributed by atoms with van der Waals surface area (Å²) >= 11 is 0. The number of rotatable bonds is 6. The van der Waals surface area contributed by atoms with Gasteiger partial charge in [-0.15, -0.1) is 0 Å². The molecule has 0 aliphatic rings. The minimum atomic E-state index is -0.665. The monoisotopic (exact) mass is 264 g/mol. The van der Waals surface area contributed by atoms with Gasteiger partial charge >= 0.3 is 0 Å². The van der Waals surface area contributed by atoms with Crippen molar-refractivity contribution in [2.45, 2.75) is 51.3 Å². The Kier molecular flexibility index (Phi) is 5.51. The summed E-state index contributed by atoms with van der Waals surface area (Å²) < 4.78 is 0. The summed E-state index contributed by atoms with van der Waals surface area (Å²) in [5.41, 5.74) is 6.38. The first-order chi connectivity index (χ1) is 8.83. The van der Waals surface area contributed by atoms with E-state index in [1.54, 1.807) is 20.8 Å². The summed E-state index contributed by atoms with van der Waals surface area (Å²) in [6.07, 6.45) is 0.730. The number of aliphatic hydroxyl groups excluding tert-OH is 1. The average Bonchev–Trinajstić information content (AvgIpc) is 2.36. The smallest absolute Gasteiger partial charge is 0.237 e. The highest BCUT2D eigenvalue weighted by Gasteiger charge is 2.28. The molecule has 0 spiro atoms. The van der Waals surface area contributed by atoms with Crippen LogP contribution in [0.3, 0.4) is 0 Å². The summed E-state index contributed by atoms with van der Waals surface area (Å²) in [6.45, 7) is 5.20. The molecule has 106 valence electrons. The number of aryl methyl sites for hydroxylation is 1. The third-order valence-electron chi connectivity index (χ3n) is 3.41. The van der Waals surface area contributed by atoms with E-state index in [0.717, 1.165) is 6.42 Å². The minimum Gasteiger partial charge on any atom is -0.391 e. The lowest BCUT2D eigenvalue weighted by Crippen LogP contribution is -2.55. The zero-order chi connectivity index (χ0) is 14.5. The Hall–Kier alpha value is -1.39.